The molecule has 0 fully saturated rings. The number of benzene rings is 1. The summed E-state index contributed by atoms with van der Waals surface area (Å²) in [6.07, 6.45) is 0. The SMILES string of the molecule is Cc1oc(C)c(C(=O)Nc2nc3c(C)cccc3s2)c1C. The molecule has 3 aromatic rings. The summed E-state index contributed by atoms with van der Waals surface area (Å²) in [4.78, 5) is 16.9. The second-order valence-electron chi connectivity index (χ2n) is 5.11. The Kier molecular flexibility index (Phi) is 3.29. The number of hydrogen-bond acceptors (Lipinski definition) is 4. The summed E-state index contributed by atoms with van der Waals surface area (Å²) < 4.78 is 6.58. The third-order valence-corrected chi connectivity index (χ3v) is 4.57. The van der Waals surface area contributed by atoms with Gasteiger partial charge in [-0.25, -0.2) is 4.98 Å². The van der Waals surface area contributed by atoms with E-state index in [2.05, 4.69) is 10.3 Å². The second-order valence-corrected chi connectivity index (χ2v) is 6.14. The molecule has 0 radical (unpaired) electrons. The zero-order valence-corrected chi connectivity index (χ0v) is 13.2. The molecule has 0 aliphatic rings. The molecular formula is C16H16N2O2S. The fraction of sp³-hybridized carbons (Fsp3) is 0.250. The average molecular weight is 300 g/mol. The predicted molar refractivity (Wildman–Crippen MR) is 85.2 cm³/mol. The maximum Gasteiger partial charge on any atom is 0.261 e. The third-order valence-electron chi connectivity index (χ3n) is 3.63. The van der Waals surface area contributed by atoms with Gasteiger partial charge in [0.15, 0.2) is 5.13 Å². The van der Waals surface area contributed by atoms with Crippen LogP contribution in [0.5, 0.6) is 0 Å². The first-order chi connectivity index (χ1) is 9.97. The first kappa shape index (κ1) is 13.8. The van der Waals surface area contributed by atoms with E-state index < -0.39 is 0 Å². The summed E-state index contributed by atoms with van der Waals surface area (Å²) in [5, 5.41) is 3.49. The topological polar surface area (TPSA) is 55.1 Å². The fourth-order valence-corrected chi connectivity index (χ4v) is 3.37. The van der Waals surface area contributed by atoms with Crippen molar-refractivity contribution in [2.45, 2.75) is 27.7 Å². The molecule has 1 amide bonds. The highest BCUT2D eigenvalue weighted by molar-refractivity contribution is 7.22. The minimum atomic E-state index is -0.168. The van der Waals surface area contributed by atoms with Crippen LogP contribution in [0, 0.1) is 27.7 Å². The molecule has 1 N–H and O–H groups in total. The standard InChI is InChI=1S/C16H16N2O2S/c1-8-6-5-7-12-14(8)17-16(21-12)18-15(19)13-9(2)10(3)20-11(13)4/h5-7H,1-4H3,(H,17,18,19). The molecule has 0 atom stereocenters. The van der Waals surface area contributed by atoms with E-state index in [1.807, 2.05) is 39.0 Å². The monoisotopic (exact) mass is 300 g/mol. The van der Waals surface area contributed by atoms with Crippen LogP contribution in [0.2, 0.25) is 0 Å². The highest BCUT2D eigenvalue weighted by Gasteiger charge is 2.19. The number of furan rings is 1. The van der Waals surface area contributed by atoms with Crippen molar-refractivity contribution in [2.24, 2.45) is 0 Å². The molecule has 4 nitrogen and oxygen atoms in total. The van der Waals surface area contributed by atoms with Crippen molar-refractivity contribution >= 4 is 32.6 Å². The molecular weight excluding hydrogens is 284 g/mol. The zero-order valence-electron chi connectivity index (χ0n) is 12.4. The largest absolute Gasteiger partial charge is 0.466 e. The van der Waals surface area contributed by atoms with E-state index >= 15 is 0 Å². The second kappa shape index (κ2) is 5.00. The lowest BCUT2D eigenvalue weighted by atomic mass is 10.1. The number of fused-ring (bicyclic) bond motifs is 1. The number of thiazole rings is 1. The minimum absolute atomic E-state index is 0.168. The number of aromatic nitrogens is 1. The van der Waals surface area contributed by atoms with Crippen molar-refractivity contribution in [1.29, 1.82) is 0 Å². The Balaban J connectivity index is 1.95. The van der Waals surface area contributed by atoms with Gasteiger partial charge in [-0.05, 0) is 39.3 Å². The van der Waals surface area contributed by atoms with Crippen LogP contribution in [0.25, 0.3) is 10.2 Å². The molecule has 0 saturated carbocycles. The van der Waals surface area contributed by atoms with Crippen molar-refractivity contribution < 1.29 is 9.21 Å². The lowest BCUT2D eigenvalue weighted by Crippen LogP contribution is -2.13. The maximum absolute atomic E-state index is 12.4. The van der Waals surface area contributed by atoms with Crippen molar-refractivity contribution in [3.8, 4) is 0 Å². The lowest BCUT2D eigenvalue weighted by Gasteiger charge is -2.01. The molecule has 0 aliphatic heterocycles. The van der Waals surface area contributed by atoms with Gasteiger partial charge in [0.05, 0.1) is 15.8 Å². The number of nitrogens with zero attached hydrogens (tertiary/aromatic N) is 1. The molecule has 2 heterocycles. The van der Waals surface area contributed by atoms with Crippen molar-refractivity contribution in [3.63, 3.8) is 0 Å². The van der Waals surface area contributed by atoms with Crippen molar-refractivity contribution in [3.05, 3.63) is 46.4 Å². The number of nitrogens with one attached hydrogen (secondary N) is 1. The number of amides is 1. The summed E-state index contributed by atoms with van der Waals surface area (Å²) in [5.41, 5.74) is 3.52. The molecule has 5 heteroatoms. The Morgan fingerprint density at radius 1 is 1.19 bits per heavy atom. The van der Waals surface area contributed by atoms with E-state index in [1.54, 1.807) is 6.92 Å². The van der Waals surface area contributed by atoms with Crippen LogP contribution in [0.1, 0.15) is 33.0 Å². The molecule has 0 aliphatic carbocycles. The summed E-state index contributed by atoms with van der Waals surface area (Å²) >= 11 is 1.48. The quantitative estimate of drug-likeness (QED) is 0.764. The smallest absolute Gasteiger partial charge is 0.261 e. The Hall–Kier alpha value is -2.14. The van der Waals surface area contributed by atoms with Crippen LogP contribution < -0.4 is 5.32 Å². The molecule has 2 aromatic heterocycles. The molecule has 0 unspecified atom stereocenters. The van der Waals surface area contributed by atoms with E-state index in [9.17, 15) is 4.79 Å². The minimum Gasteiger partial charge on any atom is -0.466 e. The number of carbonyl (C=O) groups is 1. The number of para-hydroxylation sites is 1. The highest BCUT2D eigenvalue weighted by atomic mass is 32.1. The van der Waals surface area contributed by atoms with Gasteiger partial charge in [-0.15, -0.1) is 0 Å². The molecule has 108 valence electrons. The van der Waals surface area contributed by atoms with Gasteiger partial charge in [-0.2, -0.15) is 0 Å². The van der Waals surface area contributed by atoms with E-state index in [1.165, 1.54) is 11.3 Å². The third kappa shape index (κ3) is 2.34. The number of hydrogen-bond donors (Lipinski definition) is 1. The first-order valence-corrected chi connectivity index (χ1v) is 7.53. The molecule has 1 aromatic carbocycles. The predicted octanol–water partition coefficient (Wildman–Crippen LogP) is 4.38. The Morgan fingerprint density at radius 2 is 1.95 bits per heavy atom. The Morgan fingerprint density at radius 3 is 2.57 bits per heavy atom. The highest BCUT2D eigenvalue weighted by Crippen LogP contribution is 2.29. The van der Waals surface area contributed by atoms with Gasteiger partial charge >= 0.3 is 0 Å². The van der Waals surface area contributed by atoms with Gasteiger partial charge in [-0.1, -0.05) is 23.5 Å². The first-order valence-electron chi connectivity index (χ1n) is 6.71. The van der Waals surface area contributed by atoms with Crippen LogP contribution in [-0.4, -0.2) is 10.9 Å². The van der Waals surface area contributed by atoms with Crippen LogP contribution in [0.15, 0.2) is 22.6 Å². The molecule has 0 bridgehead atoms. The number of anilines is 1. The van der Waals surface area contributed by atoms with E-state index in [0.29, 0.717) is 16.5 Å². The van der Waals surface area contributed by atoms with Gasteiger partial charge in [-0.3, -0.25) is 10.1 Å². The average Bonchev–Trinajstić information content (AvgIpc) is 2.92. The van der Waals surface area contributed by atoms with Gasteiger partial charge in [0.2, 0.25) is 0 Å². The van der Waals surface area contributed by atoms with Crippen LogP contribution >= 0.6 is 11.3 Å². The number of rotatable bonds is 2. The van der Waals surface area contributed by atoms with E-state index in [-0.39, 0.29) is 5.91 Å². The zero-order chi connectivity index (χ0) is 15.1. The molecule has 3 rings (SSSR count). The van der Waals surface area contributed by atoms with Gasteiger partial charge in [0, 0.05) is 5.56 Å². The van der Waals surface area contributed by atoms with Crippen LogP contribution in [0.4, 0.5) is 5.13 Å². The molecule has 21 heavy (non-hydrogen) atoms. The maximum atomic E-state index is 12.4. The summed E-state index contributed by atoms with van der Waals surface area (Å²) in [7, 11) is 0. The summed E-state index contributed by atoms with van der Waals surface area (Å²) in [6, 6.07) is 6.02. The van der Waals surface area contributed by atoms with E-state index in [4.69, 9.17) is 4.42 Å². The van der Waals surface area contributed by atoms with Crippen LogP contribution in [-0.2, 0) is 0 Å². The normalized spacial score (nSPS) is 11.0. The summed E-state index contributed by atoms with van der Waals surface area (Å²) in [5.74, 6) is 1.25. The Labute approximate surface area is 126 Å². The molecule has 0 spiro atoms. The van der Waals surface area contributed by atoms with Crippen molar-refractivity contribution in [2.75, 3.05) is 5.32 Å². The fourth-order valence-electron chi connectivity index (χ4n) is 2.43. The lowest BCUT2D eigenvalue weighted by molar-refractivity contribution is 0.102. The molecule has 0 saturated heterocycles. The Bertz CT molecular complexity index is 845. The van der Waals surface area contributed by atoms with Gasteiger partial charge < -0.3 is 4.42 Å². The van der Waals surface area contributed by atoms with Crippen molar-refractivity contribution in [1.82, 2.24) is 4.98 Å². The van der Waals surface area contributed by atoms with Gasteiger partial charge in [0.25, 0.3) is 5.91 Å². The van der Waals surface area contributed by atoms with Gasteiger partial charge in [0.1, 0.15) is 11.5 Å². The number of aryl methyl sites for hydroxylation is 3. The number of carbonyl (C=O) groups excluding carboxylic acids is 1. The van der Waals surface area contributed by atoms with Crippen LogP contribution in [0.3, 0.4) is 0 Å². The van der Waals surface area contributed by atoms with E-state index in [0.717, 1.165) is 27.1 Å². The summed E-state index contributed by atoms with van der Waals surface area (Å²) in [6.45, 7) is 7.57.